The van der Waals surface area contributed by atoms with Crippen LogP contribution in [-0.4, -0.2) is 63.6 Å². The molecule has 0 atom stereocenters. The standard InChI is InChI=1S/C23H27N5O.ClH/c1-27(13-10-18-6-3-2-4-7-18)21-11-14-28(15-12-21)23(29)20-9-5-8-19(16-20)22-24-17-25-26-22;/h2-9,16-17,21H,10-15H2,1H3,(H,24,25,26);1H. The molecule has 1 aliphatic heterocycles. The summed E-state index contributed by atoms with van der Waals surface area (Å²) in [6.45, 7) is 2.63. The lowest BCUT2D eigenvalue weighted by molar-refractivity contribution is 0.0647. The molecule has 3 aromatic rings. The Hall–Kier alpha value is -2.70. The second-order valence-corrected chi connectivity index (χ2v) is 7.64. The van der Waals surface area contributed by atoms with E-state index in [4.69, 9.17) is 0 Å². The van der Waals surface area contributed by atoms with E-state index in [-0.39, 0.29) is 18.3 Å². The normalized spacial score (nSPS) is 14.5. The Kier molecular flexibility index (Phi) is 7.60. The van der Waals surface area contributed by atoms with Crippen LogP contribution in [0.4, 0.5) is 0 Å². The number of amides is 1. The van der Waals surface area contributed by atoms with Gasteiger partial charge in [0.2, 0.25) is 0 Å². The number of likely N-dealkylation sites (tertiary alicyclic amines) is 1. The van der Waals surface area contributed by atoms with E-state index in [1.807, 2.05) is 29.2 Å². The lowest BCUT2D eigenvalue weighted by Gasteiger charge is -2.37. The highest BCUT2D eigenvalue weighted by Crippen LogP contribution is 2.20. The molecule has 7 heteroatoms. The zero-order chi connectivity index (χ0) is 20.1. The van der Waals surface area contributed by atoms with Crippen LogP contribution in [0.1, 0.15) is 28.8 Å². The van der Waals surface area contributed by atoms with Crippen molar-refractivity contribution >= 4 is 18.3 Å². The highest BCUT2D eigenvalue weighted by atomic mass is 35.5. The molecule has 4 rings (SSSR count). The fourth-order valence-corrected chi connectivity index (χ4v) is 3.96. The van der Waals surface area contributed by atoms with Gasteiger partial charge in [0, 0.05) is 36.8 Å². The van der Waals surface area contributed by atoms with E-state index in [0.29, 0.717) is 17.4 Å². The van der Waals surface area contributed by atoms with Crippen molar-refractivity contribution in [2.24, 2.45) is 0 Å². The fourth-order valence-electron chi connectivity index (χ4n) is 3.96. The van der Waals surface area contributed by atoms with Crippen molar-refractivity contribution in [1.82, 2.24) is 25.0 Å². The maximum Gasteiger partial charge on any atom is 0.253 e. The number of rotatable bonds is 6. The van der Waals surface area contributed by atoms with Gasteiger partial charge in [-0.3, -0.25) is 9.89 Å². The third-order valence-electron chi connectivity index (χ3n) is 5.75. The molecule has 158 valence electrons. The molecule has 0 aliphatic carbocycles. The Bertz CT molecular complexity index is 924. The summed E-state index contributed by atoms with van der Waals surface area (Å²) in [4.78, 5) is 21.6. The van der Waals surface area contributed by atoms with Crippen molar-refractivity contribution in [3.63, 3.8) is 0 Å². The van der Waals surface area contributed by atoms with Crippen LogP contribution in [0.15, 0.2) is 60.9 Å². The number of piperidine rings is 1. The molecule has 2 aromatic carbocycles. The zero-order valence-electron chi connectivity index (χ0n) is 17.2. The van der Waals surface area contributed by atoms with Crippen molar-refractivity contribution in [2.45, 2.75) is 25.3 Å². The third kappa shape index (κ3) is 5.26. The molecule has 1 fully saturated rings. The second-order valence-electron chi connectivity index (χ2n) is 7.64. The number of nitrogens with one attached hydrogen (secondary N) is 1. The van der Waals surface area contributed by atoms with Crippen LogP contribution in [0.3, 0.4) is 0 Å². The lowest BCUT2D eigenvalue weighted by atomic mass is 10.0. The minimum atomic E-state index is 0. The van der Waals surface area contributed by atoms with E-state index in [1.165, 1.54) is 5.56 Å². The van der Waals surface area contributed by atoms with E-state index in [9.17, 15) is 4.79 Å². The van der Waals surface area contributed by atoms with Crippen LogP contribution >= 0.6 is 12.4 Å². The number of halogens is 1. The number of benzene rings is 2. The summed E-state index contributed by atoms with van der Waals surface area (Å²) in [5, 5.41) is 6.82. The molecule has 1 aliphatic rings. The summed E-state index contributed by atoms with van der Waals surface area (Å²) in [5.74, 6) is 0.700. The first-order valence-corrected chi connectivity index (χ1v) is 10.2. The lowest BCUT2D eigenvalue weighted by Crippen LogP contribution is -2.46. The highest BCUT2D eigenvalue weighted by molar-refractivity contribution is 5.95. The van der Waals surface area contributed by atoms with Crippen LogP contribution in [-0.2, 0) is 6.42 Å². The van der Waals surface area contributed by atoms with Gasteiger partial charge in [-0.05, 0) is 44.0 Å². The molecular formula is C23H28ClN5O. The quantitative estimate of drug-likeness (QED) is 0.654. The average molecular weight is 426 g/mol. The molecule has 6 nitrogen and oxygen atoms in total. The Morgan fingerprint density at radius 2 is 1.90 bits per heavy atom. The molecular weight excluding hydrogens is 398 g/mol. The van der Waals surface area contributed by atoms with Crippen LogP contribution < -0.4 is 0 Å². The van der Waals surface area contributed by atoms with Crippen molar-refractivity contribution in [3.8, 4) is 11.4 Å². The number of hydrogen-bond acceptors (Lipinski definition) is 4. The third-order valence-corrected chi connectivity index (χ3v) is 5.75. The first-order valence-electron chi connectivity index (χ1n) is 10.2. The van der Waals surface area contributed by atoms with Gasteiger partial charge in [0.1, 0.15) is 6.33 Å². The molecule has 1 aromatic heterocycles. The van der Waals surface area contributed by atoms with Crippen molar-refractivity contribution in [2.75, 3.05) is 26.7 Å². The number of H-pyrrole nitrogens is 1. The minimum Gasteiger partial charge on any atom is -0.339 e. The molecule has 1 N–H and O–H groups in total. The fraction of sp³-hybridized carbons (Fsp3) is 0.348. The van der Waals surface area contributed by atoms with Gasteiger partial charge < -0.3 is 9.80 Å². The Balaban J connectivity index is 0.00000256. The molecule has 0 saturated carbocycles. The van der Waals surface area contributed by atoms with Gasteiger partial charge in [0.15, 0.2) is 5.82 Å². The Labute approximate surface area is 183 Å². The Morgan fingerprint density at radius 3 is 2.60 bits per heavy atom. The topological polar surface area (TPSA) is 65.1 Å². The van der Waals surface area contributed by atoms with E-state index >= 15 is 0 Å². The van der Waals surface area contributed by atoms with Gasteiger partial charge in [-0.1, -0.05) is 42.5 Å². The summed E-state index contributed by atoms with van der Waals surface area (Å²) in [5.41, 5.74) is 2.93. The largest absolute Gasteiger partial charge is 0.339 e. The van der Waals surface area contributed by atoms with E-state index in [2.05, 4.69) is 57.5 Å². The van der Waals surface area contributed by atoms with Crippen molar-refractivity contribution < 1.29 is 4.79 Å². The molecule has 2 heterocycles. The van der Waals surface area contributed by atoms with Crippen LogP contribution in [0, 0.1) is 0 Å². The van der Waals surface area contributed by atoms with Gasteiger partial charge in [-0.25, -0.2) is 4.98 Å². The molecule has 0 bridgehead atoms. The highest BCUT2D eigenvalue weighted by Gasteiger charge is 2.26. The van der Waals surface area contributed by atoms with Gasteiger partial charge in [-0.2, -0.15) is 5.10 Å². The zero-order valence-corrected chi connectivity index (χ0v) is 18.0. The first kappa shape index (κ1) is 22.0. The molecule has 0 unspecified atom stereocenters. The number of aromatic nitrogens is 3. The molecule has 1 amide bonds. The first-order chi connectivity index (χ1) is 14.2. The average Bonchev–Trinajstić information content (AvgIpc) is 3.33. The molecule has 1 saturated heterocycles. The van der Waals surface area contributed by atoms with Gasteiger partial charge in [-0.15, -0.1) is 12.4 Å². The van der Waals surface area contributed by atoms with Crippen LogP contribution in [0.5, 0.6) is 0 Å². The van der Waals surface area contributed by atoms with Crippen LogP contribution in [0.2, 0.25) is 0 Å². The maximum atomic E-state index is 13.0. The summed E-state index contributed by atoms with van der Waals surface area (Å²) < 4.78 is 0. The van der Waals surface area contributed by atoms with Crippen molar-refractivity contribution in [3.05, 3.63) is 72.1 Å². The number of hydrogen-bond donors (Lipinski definition) is 1. The molecule has 30 heavy (non-hydrogen) atoms. The maximum absolute atomic E-state index is 13.0. The SMILES string of the molecule is CN(CCc1ccccc1)C1CCN(C(=O)c2cccc(-c3nc[nH]n3)c2)CC1.Cl. The summed E-state index contributed by atoms with van der Waals surface area (Å²) in [6.07, 6.45) is 4.63. The minimum absolute atomic E-state index is 0. The predicted octanol–water partition coefficient (Wildman–Crippen LogP) is 3.67. The number of likely N-dealkylation sites (N-methyl/N-ethyl adjacent to an activating group) is 1. The second kappa shape index (κ2) is 10.4. The van der Waals surface area contributed by atoms with Gasteiger partial charge in [0.25, 0.3) is 5.91 Å². The monoisotopic (exact) mass is 425 g/mol. The van der Waals surface area contributed by atoms with Gasteiger partial charge in [0.05, 0.1) is 0 Å². The number of nitrogens with zero attached hydrogens (tertiary/aromatic N) is 4. The van der Waals surface area contributed by atoms with Gasteiger partial charge >= 0.3 is 0 Å². The molecule has 0 radical (unpaired) electrons. The smallest absolute Gasteiger partial charge is 0.253 e. The molecule has 0 spiro atoms. The van der Waals surface area contributed by atoms with E-state index in [1.54, 1.807) is 6.33 Å². The van der Waals surface area contributed by atoms with E-state index < -0.39 is 0 Å². The predicted molar refractivity (Wildman–Crippen MR) is 121 cm³/mol. The number of aromatic amines is 1. The Morgan fingerprint density at radius 1 is 1.13 bits per heavy atom. The number of carbonyl (C=O) groups excluding carboxylic acids is 1. The van der Waals surface area contributed by atoms with Crippen molar-refractivity contribution in [1.29, 1.82) is 0 Å². The van der Waals surface area contributed by atoms with Crippen LogP contribution in [0.25, 0.3) is 11.4 Å². The summed E-state index contributed by atoms with van der Waals surface area (Å²) in [6, 6.07) is 18.7. The number of carbonyl (C=O) groups is 1. The van der Waals surface area contributed by atoms with E-state index in [0.717, 1.165) is 44.5 Å². The summed E-state index contributed by atoms with van der Waals surface area (Å²) in [7, 11) is 2.20. The summed E-state index contributed by atoms with van der Waals surface area (Å²) >= 11 is 0.